The zero-order valence-corrected chi connectivity index (χ0v) is 14.7. The van der Waals surface area contributed by atoms with Gasteiger partial charge in [-0.2, -0.15) is 5.26 Å². The van der Waals surface area contributed by atoms with Gasteiger partial charge in [0.05, 0.1) is 19.2 Å². The summed E-state index contributed by atoms with van der Waals surface area (Å²) in [6, 6.07) is 17.6. The summed E-state index contributed by atoms with van der Waals surface area (Å²) in [7, 11) is 1.59. The Hall–Kier alpha value is -3.00. The highest BCUT2D eigenvalue weighted by Crippen LogP contribution is 2.46. The molecule has 0 radical (unpaired) electrons. The van der Waals surface area contributed by atoms with Gasteiger partial charge in [0.15, 0.2) is 5.41 Å². The van der Waals surface area contributed by atoms with Gasteiger partial charge in [-0.05, 0) is 36.6 Å². The molecule has 1 N–H and O–H groups in total. The molecule has 1 saturated heterocycles. The number of methoxy groups -OCH3 is 1. The van der Waals surface area contributed by atoms with Gasteiger partial charge in [-0.1, -0.05) is 24.3 Å². The third-order valence-corrected chi connectivity index (χ3v) is 5.52. The molecule has 0 aliphatic carbocycles. The van der Waals surface area contributed by atoms with E-state index in [9.17, 15) is 10.1 Å². The van der Waals surface area contributed by atoms with Gasteiger partial charge in [0.2, 0.25) is 5.91 Å². The fourth-order valence-corrected chi connectivity index (χ4v) is 4.27. The molecular weight excluding hydrogens is 326 g/mol. The Morgan fingerprint density at radius 3 is 2.96 bits per heavy atom. The van der Waals surface area contributed by atoms with Crippen molar-refractivity contribution in [1.29, 1.82) is 5.26 Å². The zero-order valence-electron chi connectivity index (χ0n) is 14.7. The minimum Gasteiger partial charge on any atom is -0.497 e. The minimum absolute atomic E-state index is 0.0898. The van der Waals surface area contributed by atoms with Crippen LogP contribution in [0, 0.1) is 16.7 Å². The number of hydrogen-bond donors (Lipinski definition) is 1. The summed E-state index contributed by atoms with van der Waals surface area (Å²) in [5, 5.41) is 13.1. The van der Waals surface area contributed by atoms with Crippen LogP contribution in [-0.2, 0) is 11.2 Å². The lowest BCUT2D eigenvalue weighted by molar-refractivity contribution is -0.123. The molecule has 4 rings (SSSR count). The Balaban J connectivity index is 1.70. The standard InChI is InChI=1S/C21H21N3O2/c1-26-17-8-4-7-16(12-17)23-20(25)21(14-22)13-15-6-2-3-9-18(15)24-11-5-10-19(21)24/h2-4,6-9,12,19H,5,10-11,13H2,1H3,(H,23,25)/t19-,21+/m0/s1. The maximum absolute atomic E-state index is 13.3. The number of carbonyl (C=O) groups is 1. The van der Waals surface area contributed by atoms with E-state index in [0.717, 1.165) is 30.6 Å². The Morgan fingerprint density at radius 1 is 1.31 bits per heavy atom. The summed E-state index contributed by atoms with van der Waals surface area (Å²) in [6.07, 6.45) is 2.29. The van der Waals surface area contributed by atoms with Crippen molar-refractivity contribution in [3.8, 4) is 11.8 Å². The van der Waals surface area contributed by atoms with Gasteiger partial charge < -0.3 is 15.0 Å². The average Bonchev–Trinajstić information content (AvgIpc) is 3.18. The fraction of sp³-hybridized carbons (Fsp3) is 0.333. The van der Waals surface area contributed by atoms with E-state index in [4.69, 9.17) is 4.74 Å². The number of nitriles is 1. The summed E-state index contributed by atoms with van der Waals surface area (Å²) in [5.74, 6) is 0.435. The van der Waals surface area contributed by atoms with Gasteiger partial charge in [0.25, 0.3) is 0 Å². The van der Waals surface area contributed by atoms with Crippen LogP contribution in [-0.4, -0.2) is 25.6 Å². The highest BCUT2D eigenvalue weighted by Gasteiger charge is 2.53. The van der Waals surface area contributed by atoms with Crippen molar-refractivity contribution in [2.24, 2.45) is 5.41 Å². The molecule has 0 spiro atoms. The first-order chi connectivity index (χ1) is 12.7. The van der Waals surface area contributed by atoms with Crippen LogP contribution in [0.3, 0.4) is 0 Å². The van der Waals surface area contributed by atoms with Crippen molar-refractivity contribution in [2.75, 3.05) is 23.9 Å². The second-order valence-electron chi connectivity index (χ2n) is 6.93. The van der Waals surface area contributed by atoms with Crippen LogP contribution in [0.25, 0.3) is 0 Å². The summed E-state index contributed by atoms with van der Waals surface area (Å²) in [6.45, 7) is 0.886. The number of rotatable bonds is 3. The molecule has 132 valence electrons. The van der Waals surface area contributed by atoms with E-state index in [1.807, 2.05) is 36.4 Å². The molecule has 2 heterocycles. The molecule has 2 aliphatic heterocycles. The Kier molecular flexibility index (Phi) is 4.04. The van der Waals surface area contributed by atoms with E-state index in [2.05, 4.69) is 22.4 Å². The Morgan fingerprint density at radius 2 is 2.15 bits per heavy atom. The highest BCUT2D eigenvalue weighted by atomic mass is 16.5. The van der Waals surface area contributed by atoms with Crippen LogP contribution in [0.1, 0.15) is 18.4 Å². The van der Waals surface area contributed by atoms with Gasteiger partial charge in [0, 0.05) is 30.4 Å². The third-order valence-electron chi connectivity index (χ3n) is 5.52. The van der Waals surface area contributed by atoms with Crippen LogP contribution in [0.5, 0.6) is 5.75 Å². The number of anilines is 2. The summed E-state index contributed by atoms with van der Waals surface area (Å²) >= 11 is 0. The molecule has 2 aliphatic rings. The molecule has 5 heteroatoms. The zero-order chi connectivity index (χ0) is 18.1. The summed E-state index contributed by atoms with van der Waals surface area (Å²) < 4.78 is 5.22. The van der Waals surface area contributed by atoms with Crippen molar-refractivity contribution in [3.63, 3.8) is 0 Å². The molecule has 0 bridgehead atoms. The predicted octanol–water partition coefficient (Wildman–Crippen LogP) is 3.37. The van der Waals surface area contributed by atoms with Gasteiger partial charge in [-0.3, -0.25) is 4.79 Å². The third kappa shape index (κ3) is 2.50. The van der Waals surface area contributed by atoms with Crippen LogP contribution in [0.2, 0.25) is 0 Å². The second kappa shape index (κ2) is 6.38. The molecular formula is C21H21N3O2. The van der Waals surface area contributed by atoms with Gasteiger partial charge in [-0.15, -0.1) is 0 Å². The number of nitrogens with zero attached hydrogens (tertiary/aromatic N) is 2. The molecule has 1 fully saturated rings. The van der Waals surface area contributed by atoms with Gasteiger partial charge >= 0.3 is 0 Å². The van der Waals surface area contributed by atoms with Crippen molar-refractivity contribution in [1.82, 2.24) is 0 Å². The Labute approximate surface area is 153 Å². The summed E-state index contributed by atoms with van der Waals surface area (Å²) in [5.41, 5.74) is 1.78. The SMILES string of the molecule is COc1cccc(NC(=O)[C@@]2(C#N)Cc3ccccc3N3CCC[C@H]32)c1. The molecule has 26 heavy (non-hydrogen) atoms. The molecule has 2 atom stereocenters. The quantitative estimate of drug-likeness (QED) is 0.924. The van der Waals surface area contributed by atoms with E-state index in [0.29, 0.717) is 17.9 Å². The van der Waals surface area contributed by atoms with Crippen molar-refractivity contribution in [3.05, 3.63) is 54.1 Å². The van der Waals surface area contributed by atoms with Crippen LogP contribution in [0.15, 0.2) is 48.5 Å². The highest BCUT2D eigenvalue weighted by molar-refractivity contribution is 5.99. The normalized spacial score (nSPS) is 23.5. The monoisotopic (exact) mass is 347 g/mol. The van der Waals surface area contributed by atoms with Crippen molar-refractivity contribution >= 4 is 17.3 Å². The number of nitrogens with one attached hydrogen (secondary N) is 1. The molecule has 1 amide bonds. The smallest absolute Gasteiger partial charge is 0.247 e. The number of benzene rings is 2. The largest absolute Gasteiger partial charge is 0.497 e. The van der Waals surface area contributed by atoms with E-state index in [-0.39, 0.29) is 11.9 Å². The lowest BCUT2D eigenvalue weighted by Gasteiger charge is -2.43. The maximum atomic E-state index is 13.3. The van der Waals surface area contributed by atoms with Gasteiger partial charge in [-0.25, -0.2) is 0 Å². The molecule has 0 unspecified atom stereocenters. The predicted molar refractivity (Wildman–Crippen MR) is 100 cm³/mol. The summed E-state index contributed by atoms with van der Waals surface area (Å²) in [4.78, 5) is 15.5. The van der Waals surface area contributed by atoms with E-state index in [1.54, 1.807) is 13.2 Å². The van der Waals surface area contributed by atoms with Crippen molar-refractivity contribution in [2.45, 2.75) is 25.3 Å². The molecule has 2 aromatic carbocycles. The van der Waals surface area contributed by atoms with E-state index < -0.39 is 5.41 Å². The number of ether oxygens (including phenoxy) is 1. The van der Waals surface area contributed by atoms with Crippen LogP contribution >= 0.6 is 0 Å². The number of hydrogen-bond acceptors (Lipinski definition) is 4. The van der Waals surface area contributed by atoms with E-state index >= 15 is 0 Å². The number of para-hydroxylation sites is 1. The van der Waals surface area contributed by atoms with Gasteiger partial charge in [0.1, 0.15) is 5.75 Å². The number of fused-ring (bicyclic) bond motifs is 3. The van der Waals surface area contributed by atoms with E-state index in [1.165, 1.54) is 0 Å². The lowest BCUT2D eigenvalue weighted by Crippen LogP contribution is -2.55. The van der Waals surface area contributed by atoms with Crippen LogP contribution < -0.4 is 15.0 Å². The first kappa shape index (κ1) is 16.5. The Bertz CT molecular complexity index is 889. The number of carbonyl (C=O) groups excluding carboxylic acids is 1. The molecule has 2 aromatic rings. The first-order valence-corrected chi connectivity index (χ1v) is 8.89. The first-order valence-electron chi connectivity index (χ1n) is 8.89. The average molecular weight is 347 g/mol. The molecule has 0 saturated carbocycles. The maximum Gasteiger partial charge on any atom is 0.247 e. The minimum atomic E-state index is -1.09. The molecule has 5 nitrogen and oxygen atoms in total. The fourth-order valence-electron chi connectivity index (χ4n) is 4.27. The number of amides is 1. The molecule has 0 aromatic heterocycles. The van der Waals surface area contributed by atoms with Crippen molar-refractivity contribution < 1.29 is 9.53 Å². The second-order valence-corrected chi connectivity index (χ2v) is 6.93. The lowest BCUT2D eigenvalue weighted by atomic mass is 9.71. The topological polar surface area (TPSA) is 65.4 Å². The van der Waals surface area contributed by atoms with Crippen LogP contribution in [0.4, 0.5) is 11.4 Å².